The maximum Gasteiger partial charge on any atom is 0.132 e. The SMILES string of the molecule is O=C1CCC(c2cc(Cl)cc(Cl)c2)CC1. The lowest BCUT2D eigenvalue weighted by Gasteiger charge is -2.21. The topological polar surface area (TPSA) is 17.1 Å². The summed E-state index contributed by atoms with van der Waals surface area (Å²) in [7, 11) is 0. The van der Waals surface area contributed by atoms with Crippen LogP contribution < -0.4 is 0 Å². The Labute approximate surface area is 99.4 Å². The first-order valence-corrected chi connectivity index (χ1v) is 5.88. The molecule has 0 N–H and O–H groups in total. The van der Waals surface area contributed by atoms with Gasteiger partial charge in [0.25, 0.3) is 0 Å². The van der Waals surface area contributed by atoms with Crippen molar-refractivity contribution in [1.82, 2.24) is 0 Å². The number of ketones is 1. The molecule has 0 bridgehead atoms. The van der Waals surface area contributed by atoms with Crippen LogP contribution in [-0.2, 0) is 4.79 Å². The highest BCUT2D eigenvalue weighted by atomic mass is 35.5. The first-order valence-electron chi connectivity index (χ1n) is 5.13. The monoisotopic (exact) mass is 242 g/mol. The number of hydrogen-bond acceptors (Lipinski definition) is 1. The lowest BCUT2D eigenvalue weighted by molar-refractivity contribution is -0.120. The predicted octanol–water partition coefficient (Wildman–Crippen LogP) is 4.22. The van der Waals surface area contributed by atoms with Gasteiger partial charge in [-0.15, -0.1) is 0 Å². The number of Topliss-reactive ketones (excluding diaryl/α,β-unsaturated/α-hetero) is 1. The van der Waals surface area contributed by atoms with Crippen LogP contribution in [0.25, 0.3) is 0 Å². The van der Waals surface area contributed by atoms with Gasteiger partial charge >= 0.3 is 0 Å². The van der Waals surface area contributed by atoms with Crippen LogP contribution >= 0.6 is 23.2 Å². The Morgan fingerprint density at radius 2 is 1.53 bits per heavy atom. The van der Waals surface area contributed by atoms with Crippen molar-refractivity contribution >= 4 is 29.0 Å². The molecule has 0 unspecified atom stereocenters. The van der Waals surface area contributed by atoms with Gasteiger partial charge < -0.3 is 0 Å². The van der Waals surface area contributed by atoms with E-state index in [9.17, 15) is 4.79 Å². The molecule has 0 aromatic heterocycles. The van der Waals surface area contributed by atoms with Crippen molar-refractivity contribution in [3.8, 4) is 0 Å². The maximum atomic E-state index is 11.1. The number of benzene rings is 1. The van der Waals surface area contributed by atoms with E-state index in [1.807, 2.05) is 12.1 Å². The molecular weight excluding hydrogens is 231 g/mol. The lowest BCUT2D eigenvalue weighted by Crippen LogP contribution is -2.12. The fourth-order valence-electron chi connectivity index (χ4n) is 2.08. The van der Waals surface area contributed by atoms with Crippen molar-refractivity contribution in [3.63, 3.8) is 0 Å². The molecule has 2 rings (SSSR count). The summed E-state index contributed by atoms with van der Waals surface area (Å²) in [6.45, 7) is 0. The van der Waals surface area contributed by atoms with E-state index in [-0.39, 0.29) is 0 Å². The molecule has 0 aliphatic heterocycles. The van der Waals surface area contributed by atoms with E-state index in [0.29, 0.717) is 34.6 Å². The van der Waals surface area contributed by atoms with Gasteiger partial charge in [-0.25, -0.2) is 0 Å². The molecule has 0 saturated heterocycles. The van der Waals surface area contributed by atoms with E-state index in [1.54, 1.807) is 6.07 Å². The van der Waals surface area contributed by atoms with Crippen molar-refractivity contribution in [3.05, 3.63) is 33.8 Å². The van der Waals surface area contributed by atoms with E-state index in [0.717, 1.165) is 12.8 Å². The standard InChI is InChI=1S/C12H12Cl2O/c13-10-5-9(6-11(14)7-10)8-1-3-12(15)4-2-8/h5-8H,1-4H2. The van der Waals surface area contributed by atoms with Gasteiger partial charge in [-0.05, 0) is 42.5 Å². The van der Waals surface area contributed by atoms with Gasteiger partial charge in [-0.1, -0.05) is 23.2 Å². The van der Waals surface area contributed by atoms with Crippen LogP contribution in [0.1, 0.15) is 37.2 Å². The largest absolute Gasteiger partial charge is 0.300 e. The lowest BCUT2D eigenvalue weighted by atomic mass is 9.83. The van der Waals surface area contributed by atoms with Crippen molar-refractivity contribution < 1.29 is 4.79 Å². The zero-order chi connectivity index (χ0) is 10.8. The van der Waals surface area contributed by atoms with E-state index in [2.05, 4.69) is 0 Å². The van der Waals surface area contributed by atoms with E-state index in [1.165, 1.54) is 5.56 Å². The van der Waals surface area contributed by atoms with Gasteiger partial charge in [0.05, 0.1) is 0 Å². The highest BCUT2D eigenvalue weighted by molar-refractivity contribution is 6.34. The fraction of sp³-hybridized carbons (Fsp3) is 0.417. The summed E-state index contributed by atoms with van der Waals surface area (Å²) in [6, 6.07) is 5.64. The second-order valence-corrected chi connectivity index (χ2v) is 4.89. The molecule has 1 aliphatic carbocycles. The quantitative estimate of drug-likeness (QED) is 0.721. The first kappa shape index (κ1) is 11.0. The molecule has 0 radical (unpaired) electrons. The summed E-state index contributed by atoms with van der Waals surface area (Å²) in [5.74, 6) is 0.818. The minimum absolute atomic E-state index is 0.374. The van der Waals surface area contributed by atoms with Crippen LogP contribution in [0.3, 0.4) is 0 Å². The summed E-state index contributed by atoms with van der Waals surface area (Å²) >= 11 is 11.9. The average molecular weight is 243 g/mol. The van der Waals surface area contributed by atoms with Crippen LogP contribution in [0.2, 0.25) is 10.0 Å². The van der Waals surface area contributed by atoms with Crippen molar-refractivity contribution in [2.24, 2.45) is 0 Å². The van der Waals surface area contributed by atoms with Crippen LogP contribution in [-0.4, -0.2) is 5.78 Å². The highest BCUT2D eigenvalue weighted by Crippen LogP contribution is 2.33. The van der Waals surface area contributed by atoms with Crippen LogP contribution in [0.5, 0.6) is 0 Å². The zero-order valence-electron chi connectivity index (χ0n) is 8.30. The Morgan fingerprint density at radius 1 is 1.00 bits per heavy atom. The first-order chi connectivity index (χ1) is 7.15. The Morgan fingerprint density at radius 3 is 2.07 bits per heavy atom. The summed E-state index contributed by atoms with van der Waals surface area (Å²) < 4.78 is 0. The second-order valence-electron chi connectivity index (χ2n) is 4.02. The smallest absolute Gasteiger partial charge is 0.132 e. The normalized spacial score (nSPS) is 18.1. The van der Waals surface area contributed by atoms with Gasteiger partial charge in [-0.3, -0.25) is 4.79 Å². The van der Waals surface area contributed by atoms with Crippen LogP contribution in [0.4, 0.5) is 0 Å². The van der Waals surface area contributed by atoms with Gasteiger partial charge in [0, 0.05) is 22.9 Å². The average Bonchev–Trinajstić information content (AvgIpc) is 2.17. The van der Waals surface area contributed by atoms with E-state index < -0.39 is 0 Å². The third-order valence-corrected chi connectivity index (χ3v) is 3.34. The molecule has 3 heteroatoms. The highest BCUT2D eigenvalue weighted by Gasteiger charge is 2.20. The molecule has 0 atom stereocenters. The Kier molecular flexibility index (Phi) is 3.32. The third-order valence-electron chi connectivity index (χ3n) is 2.90. The Hall–Kier alpha value is -0.530. The molecule has 1 saturated carbocycles. The third kappa shape index (κ3) is 2.73. The van der Waals surface area contributed by atoms with Crippen molar-refractivity contribution in [2.45, 2.75) is 31.6 Å². The minimum Gasteiger partial charge on any atom is -0.300 e. The van der Waals surface area contributed by atoms with E-state index >= 15 is 0 Å². The number of halogens is 2. The fourth-order valence-corrected chi connectivity index (χ4v) is 2.63. The summed E-state index contributed by atoms with van der Waals surface area (Å²) in [6.07, 6.45) is 3.23. The Balaban J connectivity index is 2.18. The molecule has 0 heterocycles. The second kappa shape index (κ2) is 4.54. The minimum atomic E-state index is 0.374. The molecule has 0 spiro atoms. The van der Waals surface area contributed by atoms with Gasteiger partial charge in [-0.2, -0.15) is 0 Å². The Bertz CT molecular complexity index is 357. The molecule has 1 aromatic rings. The molecular formula is C12H12Cl2O. The van der Waals surface area contributed by atoms with E-state index in [4.69, 9.17) is 23.2 Å². The molecule has 1 fully saturated rings. The van der Waals surface area contributed by atoms with Gasteiger partial charge in [0.1, 0.15) is 5.78 Å². The number of rotatable bonds is 1. The summed E-state index contributed by atoms with van der Waals surface area (Å²) in [5.41, 5.74) is 1.17. The molecule has 0 amide bonds. The molecule has 1 aliphatic rings. The summed E-state index contributed by atoms with van der Waals surface area (Å²) in [4.78, 5) is 11.1. The molecule has 1 nitrogen and oxygen atoms in total. The van der Waals surface area contributed by atoms with Gasteiger partial charge in [0.15, 0.2) is 0 Å². The van der Waals surface area contributed by atoms with Crippen molar-refractivity contribution in [2.75, 3.05) is 0 Å². The number of carbonyl (C=O) groups excluding carboxylic acids is 1. The predicted molar refractivity (Wildman–Crippen MR) is 62.7 cm³/mol. The number of hydrogen-bond donors (Lipinski definition) is 0. The van der Waals surface area contributed by atoms with Crippen molar-refractivity contribution in [1.29, 1.82) is 0 Å². The summed E-state index contributed by atoms with van der Waals surface area (Å²) in [5, 5.41) is 1.35. The maximum absolute atomic E-state index is 11.1. The number of carbonyl (C=O) groups is 1. The molecule has 1 aromatic carbocycles. The zero-order valence-corrected chi connectivity index (χ0v) is 9.81. The van der Waals surface area contributed by atoms with Crippen LogP contribution in [0.15, 0.2) is 18.2 Å². The van der Waals surface area contributed by atoms with Gasteiger partial charge in [0.2, 0.25) is 0 Å². The molecule has 15 heavy (non-hydrogen) atoms. The molecule has 80 valence electrons. The van der Waals surface area contributed by atoms with Crippen LogP contribution in [0, 0.1) is 0 Å².